The Morgan fingerprint density at radius 3 is 2.81 bits per heavy atom. The van der Waals surface area contributed by atoms with E-state index in [1.807, 2.05) is 18.7 Å². The van der Waals surface area contributed by atoms with Gasteiger partial charge in [-0.2, -0.15) is 5.10 Å². The van der Waals surface area contributed by atoms with E-state index in [0.717, 1.165) is 37.3 Å². The molecule has 21 heavy (non-hydrogen) atoms. The van der Waals surface area contributed by atoms with Crippen LogP contribution >= 0.6 is 0 Å². The maximum absolute atomic E-state index is 12.6. The zero-order chi connectivity index (χ0) is 15.1. The van der Waals surface area contributed by atoms with Crippen molar-refractivity contribution in [2.45, 2.75) is 32.5 Å². The van der Waals surface area contributed by atoms with E-state index in [4.69, 9.17) is 4.74 Å². The standard InChI is InChI=1S/C15H24N4O2/c1-9-5-12-13(10(2)21-9)16-17-14(12)15(20)19-7-11(8-19)6-18(3)4/h9-11H,5-8H2,1-4H3,(H,16,17)/t9-,10+/m1/s1. The lowest BCUT2D eigenvalue weighted by atomic mass is 9.96. The molecule has 0 saturated carbocycles. The summed E-state index contributed by atoms with van der Waals surface area (Å²) < 4.78 is 5.77. The third kappa shape index (κ3) is 2.70. The molecule has 1 fully saturated rings. The molecule has 1 aromatic rings. The van der Waals surface area contributed by atoms with E-state index < -0.39 is 0 Å². The Balaban J connectivity index is 1.70. The third-order valence-electron chi connectivity index (χ3n) is 4.30. The molecule has 2 atom stereocenters. The number of likely N-dealkylation sites (tertiary alicyclic amines) is 1. The lowest BCUT2D eigenvalue weighted by Gasteiger charge is -2.40. The van der Waals surface area contributed by atoms with Crippen LogP contribution in [0.2, 0.25) is 0 Å². The fraction of sp³-hybridized carbons (Fsp3) is 0.733. The maximum atomic E-state index is 12.6. The fourth-order valence-electron chi connectivity index (χ4n) is 3.37. The van der Waals surface area contributed by atoms with E-state index in [9.17, 15) is 4.79 Å². The van der Waals surface area contributed by atoms with E-state index >= 15 is 0 Å². The van der Waals surface area contributed by atoms with Gasteiger partial charge in [-0.1, -0.05) is 0 Å². The summed E-state index contributed by atoms with van der Waals surface area (Å²) in [4.78, 5) is 16.7. The molecule has 1 amide bonds. The Hall–Kier alpha value is -1.40. The second-order valence-electron chi connectivity index (χ2n) is 6.60. The van der Waals surface area contributed by atoms with Gasteiger partial charge in [0.1, 0.15) is 0 Å². The summed E-state index contributed by atoms with van der Waals surface area (Å²) in [7, 11) is 4.13. The molecule has 0 bridgehead atoms. The summed E-state index contributed by atoms with van der Waals surface area (Å²) >= 11 is 0. The molecule has 6 heteroatoms. The van der Waals surface area contributed by atoms with E-state index in [1.165, 1.54) is 0 Å². The summed E-state index contributed by atoms with van der Waals surface area (Å²) in [5, 5.41) is 7.26. The predicted octanol–water partition coefficient (Wildman–Crippen LogP) is 1.07. The molecule has 0 radical (unpaired) electrons. The number of nitrogens with one attached hydrogen (secondary N) is 1. The van der Waals surface area contributed by atoms with Gasteiger partial charge in [0.25, 0.3) is 5.91 Å². The Morgan fingerprint density at radius 1 is 1.43 bits per heavy atom. The Labute approximate surface area is 125 Å². The Morgan fingerprint density at radius 2 is 2.14 bits per heavy atom. The summed E-state index contributed by atoms with van der Waals surface area (Å²) in [6.45, 7) is 6.74. The van der Waals surface area contributed by atoms with Crippen molar-refractivity contribution >= 4 is 5.91 Å². The number of H-pyrrole nitrogens is 1. The predicted molar refractivity (Wildman–Crippen MR) is 79.2 cm³/mol. The van der Waals surface area contributed by atoms with Crippen molar-refractivity contribution in [1.82, 2.24) is 20.0 Å². The first kappa shape index (κ1) is 14.5. The number of carbonyl (C=O) groups excluding carboxylic acids is 1. The number of rotatable bonds is 3. The zero-order valence-corrected chi connectivity index (χ0v) is 13.2. The Kier molecular flexibility index (Phi) is 3.75. The molecule has 0 aromatic carbocycles. The number of hydrogen-bond acceptors (Lipinski definition) is 4. The normalized spacial score (nSPS) is 25.9. The zero-order valence-electron chi connectivity index (χ0n) is 13.2. The van der Waals surface area contributed by atoms with Gasteiger partial charge in [0.2, 0.25) is 0 Å². The van der Waals surface area contributed by atoms with Crippen LogP contribution in [0.3, 0.4) is 0 Å². The van der Waals surface area contributed by atoms with E-state index in [1.54, 1.807) is 0 Å². The average Bonchev–Trinajstić information content (AvgIpc) is 2.76. The number of ether oxygens (including phenoxy) is 1. The molecule has 0 spiro atoms. The highest BCUT2D eigenvalue weighted by Gasteiger charge is 2.36. The van der Waals surface area contributed by atoms with Gasteiger partial charge in [0.15, 0.2) is 5.69 Å². The molecule has 2 aliphatic heterocycles. The smallest absolute Gasteiger partial charge is 0.274 e. The average molecular weight is 292 g/mol. The Bertz CT molecular complexity index is 534. The first-order valence-electron chi connectivity index (χ1n) is 7.62. The van der Waals surface area contributed by atoms with Gasteiger partial charge in [-0.3, -0.25) is 9.89 Å². The highest BCUT2D eigenvalue weighted by molar-refractivity contribution is 5.94. The first-order chi connectivity index (χ1) is 9.95. The fourth-order valence-corrected chi connectivity index (χ4v) is 3.37. The molecule has 3 rings (SSSR count). The van der Waals surface area contributed by atoms with Crippen LogP contribution in [-0.4, -0.2) is 65.7 Å². The molecule has 1 aromatic heterocycles. The van der Waals surface area contributed by atoms with Gasteiger partial charge in [-0.25, -0.2) is 0 Å². The van der Waals surface area contributed by atoms with Gasteiger partial charge in [-0.05, 0) is 27.9 Å². The molecular formula is C15H24N4O2. The number of nitrogens with zero attached hydrogens (tertiary/aromatic N) is 3. The molecule has 6 nitrogen and oxygen atoms in total. The quantitative estimate of drug-likeness (QED) is 0.905. The van der Waals surface area contributed by atoms with Crippen molar-refractivity contribution in [1.29, 1.82) is 0 Å². The first-order valence-corrected chi connectivity index (χ1v) is 7.62. The minimum atomic E-state index is -0.0179. The van der Waals surface area contributed by atoms with Crippen molar-refractivity contribution in [2.24, 2.45) is 5.92 Å². The third-order valence-corrected chi connectivity index (χ3v) is 4.30. The SMILES string of the molecule is C[C@@H]1Cc2c(C(=O)N3CC(CN(C)C)C3)n[nH]c2[C@H](C)O1. The van der Waals surface area contributed by atoms with Crippen molar-refractivity contribution < 1.29 is 9.53 Å². The van der Waals surface area contributed by atoms with Crippen LogP contribution in [0.25, 0.3) is 0 Å². The van der Waals surface area contributed by atoms with Crippen LogP contribution in [0, 0.1) is 5.92 Å². The van der Waals surface area contributed by atoms with E-state index in [0.29, 0.717) is 11.6 Å². The number of aromatic nitrogens is 2. The van der Waals surface area contributed by atoms with Gasteiger partial charge < -0.3 is 14.5 Å². The lowest BCUT2D eigenvalue weighted by molar-refractivity contribution is -0.00711. The van der Waals surface area contributed by atoms with Gasteiger partial charge >= 0.3 is 0 Å². The van der Waals surface area contributed by atoms with Gasteiger partial charge in [-0.15, -0.1) is 0 Å². The van der Waals surface area contributed by atoms with Crippen molar-refractivity contribution in [3.8, 4) is 0 Å². The van der Waals surface area contributed by atoms with Crippen LogP contribution in [0.5, 0.6) is 0 Å². The summed E-state index contributed by atoms with van der Waals surface area (Å²) in [6, 6.07) is 0. The molecule has 0 unspecified atom stereocenters. The largest absolute Gasteiger partial charge is 0.369 e. The second kappa shape index (κ2) is 5.42. The number of amides is 1. The molecule has 1 saturated heterocycles. The van der Waals surface area contributed by atoms with E-state index in [-0.39, 0.29) is 18.1 Å². The van der Waals surface area contributed by atoms with Crippen LogP contribution < -0.4 is 0 Å². The molecule has 3 heterocycles. The van der Waals surface area contributed by atoms with Crippen molar-refractivity contribution in [2.75, 3.05) is 33.7 Å². The van der Waals surface area contributed by atoms with Crippen LogP contribution in [0.1, 0.15) is 41.7 Å². The highest BCUT2D eigenvalue weighted by atomic mass is 16.5. The summed E-state index contributed by atoms with van der Waals surface area (Å²) in [6.07, 6.45) is 0.872. The van der Waals surface area contributed by atoms with Gasteiger partial charge in [0.05, 0.1) is 17.9 Å². The molecule has 116 valence electrons. The van der Waals surface area contributed by atoms with Crippen molar-refractivity contribution in [3.05, 3.63) is 17.0 Å². The maximum Gasteiger partial charge on any atom is 0.274 e. The molecule has 1 N–H and O–H groups in total. The summed E-state index contributed by atoms with van der Waals surface area (Å²) in [5.41, 5.74) is 2.60. The van der Waals surface area contributed by atoms with Crippen LogP contribution in [-0.2, 0) is 11.2 Å². The second-order valence-corrected chi connectivity index (χ2v) is 6.60. The van der Waals surface area contributed by atoms with Crippen LogP contribution in [0.15, 0.2) is 0 Å². The minimum Gasteiger partial charge on any atom is -0.369 e. The highest BCUT2D eigenvalue weighted by Crippen LogP contribution is 2.31. The number of aromatic amines is 1. The van der Waals surface area contributed by atoms with Crippen LogP contribution in [0.4, 0.5) is 0 Å². The number of fused-ring (bicyclic) bond motifs is 1. The monoisotopic (exact) mass is 292 g/mol. The van der Waals surface area contributed by atoms with Crippen molar-refractivity contribution in [3.63, 3.8) is 0 Å². The van der Waals surface area contributed by atoms with E-state index in [2.05, 4.69) is 29.2 Å². The molecular weight excluding hydrogens is 268 g/mol. The number of carbonyl (C=O) groups is 1. The van der Waals surface area contributed by atoms with Gasteiger partial charge in [0, 0.05) is 37.5 Å². The topological polar surface area (TPSA) is 61.5 Å². The minimum absolute atomic E-state index is 0.0179. The molecule has 0 aliphatic carbocycles. The number of hydrogen-bond donors (Lipinski definition) is 1. The summed E-state index contributed by atoms with van der Waals surface area (Å²) in [5.74, 6) is 0.642. The lowest BCUT2D eigenvalue weighted by Crippen LogP contribution is -2.53. The molecule has 2 aliphatic rings.